The summed E-state index contributed by atoms with van der Waals surface area (Å²) in [4.78, 5) is 15.5. The van der Waals surface area contributed by atoms with E-state index in [1.54, 1.807) is 27.2 Å². The largest absolute Gasteiger partial charge is 0.339 e. The number of sulfonamides is 1. The SMILES string of the molecule is Cc1ccc(S(=O)(=O)N2CCC(c3ccn4ncc(C(=O)N5CCC(C)CC5)c4c3)CC2)cc1C. The Morgan fingerprint density at radius 2 is 1.66 bits per heavy atom. The highest BCUT2D eigenvalue weighted by Gasteiger charge is 2.31. The van der Waals surface area contributed by atoms with Crippen molar-refractivity contribution in [2.45, 2.75) is 57.3 Å². The number of fused-ring (bicyclic) bond motifs is 1. The molecule has 3 aromatic rings. The molecular weight excluding hydrogens is 460 g/mol. The Bertz CT molecular complexity index is 1350. The fourth-order valence-corrected chi connectivity index (χ4v) is 6.81. The summed E-state index contributed by atoms with van der Waals surface area (Å²) < 4.78 is 29.8. The van der Waals surface area contributed by atoms with Crippen LogP contribution in [0.2, 0.25) is 0 Å². The topological polar surface area (TPSA) is 75.0 Å². The molecule has 2 aromatic heterocycles. The third-order valence-electron chi connectivity index (χ3n) is 7.89. The van der Waals surface area contributed by atoms with Crippen molar-refractivity contribution in [1.82, 2.24) is 18.8 Å². The highest BCUT2D eigenvalue weighted by molar-refractivity contribution is 7.89. The zero-order valence-corrected chi connectivity index (χ0v) is 21.6. The number of piperidine rings is 2. The molecule has 7 nitrogen and oxygen atoms in total. The highest BCUT2D eigenvalue weighted by atomic mass is 32.2. The van der Waals surface area contributed by atoms with Crippen LogP contribution in [0.3, 0.4) is 0 Å². The van der Waals surface area contributed by atoms with Crippen LogP contribution in [-0.4, -0.2) is 59.3 Å². The number of carbonyl (C=O) groups is 1. The van der Waals surface area contributed by atoms with Crippen LogP contribution < -0.4 is 0 Å². The first kappa shape index (κ1) is 24.0. The number of nitrogens with zero attached hydrogens (tertiary/aromatic N) is 4. The minimum Gasteiger partial charge on any atom is -0.339 e. The quantitative estimate of drug-likeness (QED) is 0.539. The molecule has 0 saturated carbocycles. The molecule has 0 bridgehead atoms. The molecule has 8 heteroatoms. The molecule has 2 fully saturated rings. The lowest BCUT2D eigenvalue weighted by atomic mass is 9.90. The second-order valence-electron chi connectivity index (χ2n) is 10.2. The van der Waals surface area contributed by atoms with Gasteiger partial charge in [-0.25, -0.2) is 12.9 Å². The van der Waals surface area contributed by atoms with Crippen LogP contribution in [0.4, 0.5) is 0 Å². The van der Waals surface area contributed by atoms with Crippen molar-refractivity contribution in [3.63, 3.8) is 0 Å². The number of carbonyl (C=O) groups excluding carboxylic acids is 1. The number of aromatic nitrogens is 2. The summed E-state index contributed by atoms with van der Waals surface area (Å²) in [5.74, 6) is 0.970. The van der Waals surface area contributed by atoms with Crippen molar-refractivity contribution >= 4 is 21.4 Å². The molecule has 0 aliphatic carbocycles. The molecule has 0 radical (unpaired) electrons. The van der Waals surface area contributed by atoms with E-state index in [2.05, 4.69) is 24.2 Å². The van der Waals surface area contributed by atoms with Crippen LogP contribution >= 0.6 is 0 Å². The van der Waals surface area contributed by atoms with Gasteiger partial charge >= 0.3 is 0 Å². The van der Waals surface area contributed by atoms with Gasteiger partial charge in [-0.15, -0.1) is 0 Å². The average molecular weight is 495 g/mol. The van der Waals surface area contributed by atoms with Crippen molar-refractivity contribution < 1.29 is 13.2 Å². The van der Waals surface area contributed by atoms with Crippen LogP contribution in [-0.2, 0) is 10.0 Å². The second kappa shape index (κ2) is 9.39. The Morgan fingerprint density at radius 1 is 0.943 bits per heavy atom. The van der Waals surface area contributed by atoms with Gasteiger partial charge in [0.1, 0.15) is 0 Å². The third kappa shape index (κ3) is 4.61. The van der Waals surface area contributed by atoms with Gasteiger partial charge in [0.2, 0.25) is 10.0 Å². The molecule has 0 unspecified atom stereocenters. The van der Waals surface area contributed by atoms with Crippen LogP contribution in [0, 0.1) is 19.8 Å². The average Bonchev–Trinajstić information content (AvgIpc) is 3.29. The van der Waals surface area contributed by atoms with E-state index in [0.717, 1.165) is 61.0 Å². The second-order valence-corrected chi connectivity index (χ2v) is 12.2. The predicted molar refractivity (Wildman–Crippen MR) is 136 cm³/mol. The Hall–Kier alpha value is -2.71. The maximum atomic E-state index is 13.2. The molecule has 0 spiro atoms. The summed E-state index contributed by atoms with van der Waals surface area (Å²) in [6.07, 6.45) is 7.18. The molecule has 0 atom stereocenters. The Morgan fingerprint density at radius 3 is 2.34 bits per heavy atom. The van der Waals surface area contributed by atoms with Crippen molar-refractivity contribution in [3.8, 4) is 0 Å². The number of rotatable bonds is 4. The summed E-state index contributed by atoms with van der Waals surface area (Å²) in [5, 5.41) is 4.41. The van der Waals surface area contributed by atoms with Crippen molar-refractivity contribution in [3.05, 3.63) is 65.0 Å². The molecule has 5 rings (SSSR count). The smallest absolute Gasteiger partial charge is 0.257 e. The van der Waals surface area contributed by atoms with Gasteiger partial charge in [-0.05, 0) is 92.3 Å². The molecule has 1 aromatic carbocycles. The zero-order chi connectivity index (χ0) is 24.7. The van der Waals surface area contributed by atoms with Gasteiger partial charge in [0.15, 0.2) is 0 Å². The van der Waals surface area contributed by atoms with Crippen LogP contribution in [0.5, 0.6) is 0 Å². The Balaban J connectivity index is 1.31. The molecular formula is C27H34N4O3S. The van der Waals surface area contributed by atoms with Gasteiger partial charge in [-0.2, -0.15) is 9.40 Å². The molecule has 2 aliphatic rings. The van der Waals surface area contributed by atoms with Gasteiger partial charge in [0.05, 0.1) is 22.2 Å². The number of likely N-dealkylation sites (tertiary alicyclic amines) is 1. The van der Waals surface area contributed by atoms with E-state index < -0.39 is 10.0 Å². The number of hydrogen-bond acceptors (Lipinski definition) is 4. The third-order valence-corrected chi connectivity index (χ3v) is 9.78. The number of hydrogen-bond donors (Lipinski definition) is 0. The van der Waals surface area contributed by atoms with E-state index in [1.165, 1.54) is 0 Å². The Kier molecular flexibility index (Phi) is 6.44. The van der Waals surface area contributed by atoms with E-state index in [9.17, 15) is 13.2 Å². The molecule has 2 aliphatic heterocycles. The highest BCUT2D eigenvalue weighted by Crippen LogP contribution is 2.32. The zero-order valence-electron chi connectivity index (χ0n) is 20.8. The maximum absolute atomic E-state index is 13.2. The van der Waals surface area contributed by atoms with E-state index in [1.807, 2.05) is 31.0 Å². The predicted octanol–water partition coefficient (Wildman–Crippen LogP) is 4.39. The summed E-state index contributed by atoms with van der Waals surface area (Å²) in [7, 11) is -3.50. The van der Waals surface area contributed by atoms with Gasteiger partial charge in [0, 0.05) is 32.4 Å². The van der Waals surface area contributed by atoms with Crippen molar-refractivity contribution in [2.75, 3.05) is 26.2 Å². The van der Waals surface area contributed by atoms with Crippen LogP contribution in [0.25, 0.3) is 5.52 Å². The van der Waals surface area contributed by atoms with Crippen molar-refractivity contribution in [2.24, 2.45) is 5.92 Å². The van der Waals surface area contributed by atoms with Gasteiger partial charge in [-0.3, -0.25) is 4.79 Å². The maximum Gasteiger partial charge on any atom is 0.257 e. The standard InChI is InChI=1S/C27H34N4O3S/c1-19-6-11-29(12-7-19)27(32)25-18-28-31-15-10-23(17-26(25)31)22-8-13-30(14-9-22)35(33,34)24-5-4-20(2)21(3)16-24/h4-5,10,15-19,22H,6-9,11-14H2,1-3H3. The van der Waals surface area contributed by atoms with Crippen LogP contribution in [0.1, 0.15) is 65.6 Å². The first-order valence-electron chi connectivity index (χ1n) is 12.6. The van der Waals surface area contributed by atoms with E-state index in [0.29, 0.717) is 29.5 Å². The minimum atomic E-state index is -3.50. The van der Waals surface area contributed by atoms with Gasteiger partial charge in [-0.1, -0.05) is 13.0 Å². The summed E-state index contributed by atoms with van der Waals surface area (Å²) in [6.45, 7) is 8.74. The summed E-state index contributed by atoms with van der Waals surface area (Å²) >= 11 is 0. The molecule has 4 heterocycles. The molecule has 35 heavy (non-hydrogen) atoms. The first-order chi connectivity index (χ1) is 16.7. The van der Waals surface area contributed by atoms with E-state index >= 15 is 0 Å². The molecule has 2 saturated heterocycles. The minimum absolute atomic E-state index is 0.0540. The molecule has 1 amide bonds. The lowest BCUT2D eigenvalue weighted by Crippen LogP contribution is -2.38. The number of pyridine rings is 1. The van der Waals surface area contributed by atoms with Crippen molar-refractivity contribution in [1.29, 1.82) is 0 Å². The van der Waals surface area contributed by atoms with Gasteiger partial charge in [0.25, 0.3) is 5.91 Å². The number of amides is 1. The normalized spacial score (nSPS) is 18.9. The fraction of sp³-hybridized carbons (Fsp3) is 0.481. The molecule has 0 N–H and O–H groups in total. The summed E-state index contributed by atoms with van der Waals surface area (Å²) in [5.41, 5.74) is 4.69. The molecule has 186 valence electrons. The lowest BCUT2D eigenvalue weighted by Gasteiger charge is -2.31. The van der Waals surface area contributed by atoms with Crippen LogP contribution in [0.15, 0.2) is 47.6 Å². The summed E-state index contributed by atoms with van der Waals surface area (Å²) in [6, 6.07) is 9.48. The fourth-order valence-electron chi connectivity index (χ4n) is 5.25. The Labute approximate surface area is 207 Å². The monoisotopic (exact) mass is 494 g/mol. The first-order valence-corrected chi connectivity index (χ1v) is 14.0. The van der Waals surface area contributed by atoms with Gasteiger partial charge < -0.3 is 4.90 Å². The number of aryl methyl sites for hydroxylation is 2. The number of benzene rings is 1. The van der Waals surface area contributed by atoms with E-state index in [4.69, 9.17) is 0 Å². The lowest BCUT2D eigenvalue weighted by molar-refractivity contribution is 0.0699. The van der Waals surface area contributed by atoms with E-state index in [-0.39, 0.29) is 11.8 Å².